The van der Waals surface area contributed by atoms with E-state index >= 15 is 0 Å². The van der Waals surface area contributed by atoms with Gasteiger partial charge in [0.25, 0.3) is 0 Å². The van der Waals surface area contributed by atoms with Crippen molar-refractivity contribution in [2.24, 2.45) is 0 Å². The van der Waals surface area contributed by atoms with Gasteiger partial charge in [-0.2, -0.15) is 0 Å². The first kappa shape index (κ1) is 7.10. The van der Waals surface area contributed by atoms with Crippen molar-refractivity contribution in [3.63, 3.8) is 0 Å². The first-order valence-corrected chi connectivity index (χ1v) is 5.49. The minimum atomic E-state index is -2.77. The topological polar surface area (TPSA) is 34.1 Å². The predicted molar refractivity (Wildman–Crippen MR) is 44.0 cm³/mol. The van der Waals surface area contributed by atoms with Crippen molar-refractivity contribution in [3.05, 3.63) is 23.8 Å². The lowest BCUT2D eigenvalue weighted by atomic mass is 10.0. The van der Waals surface area contributed by atoms with Crippen molar-refractivity contribution >= 4 is 9.84 Å². The lowest BCUT2D eigenvalue weighted by Crippen LogP contribution is -2.17. The van der Waals surface area contributed by atoms with E-state index in [1.165, 1.54) is 0 Å². The summed E-state index contributed by atoms with van der Waals surface area (Å²) in [6.07, 6.45) is 7.26. The molecule has 0 bridgehead atoms. The first-order valence-electron chi connectivity index (χ1n) is 3.77. The molecule has 1 aliphatic carbocycles. The number of rotatable bonds is 0. The Labute approximate surface area is 66.5 Å². The van der Waals surface area contributed by atoms with Gasteiger partial charge in [0.05, 0.1) is 11.0 Å². The van der Waals surface area contributed by atoms with Gasteiger partial charge in [-0.1, -0.05) is 23.8 Å². The summed E-state index contributed by atoms with van der Waals surface area (Å²) in [5.74, 6) is 0.352. The highest BCUT2D eigenvalue weighted by molar-refractivity contribution is 7.92. The Morgan fingerprint density at radius 2 is 2.27 bits per heavy atom. The zero-order valence-electron chi connectivity index (χ0n) is 6.16. The molecule has 11 heavy (non-hydrogen) atoms. The molecule has 1 atom stereocenters. The third kappa shape index (κ3) is 1.03. The fourth-order valence-electron chi connectivity index (χ4n) is 1.68. The minimum absolute atomic E-state index is 0.174. The second-order valence-corrected chi connectivity index (χ2v) is 5.31. The van der Waals surface area contributed by atoms with Crippen LogP contribution in [0.25, 0.3) is 0 Å². The summed E-state index contributed by atoms with van der Waals surface area (Å²) in [6, 6.07) is 0. The molecule has 2 nitrogen and oxygen atoms in total. The molecule has 0 amide bonds. The second kappa shape index (κ2) is 2.21. The molecular weight excluding hydrogens is 160 g/mol. The van der Waals surface area contributed by atoms with Gasteiger partial charge >= 0.3 is 0 Å². The molecule has 0 radical (unpaired) electrons. The standard InChI is InChI=1S/C8H10O2S/c9-11(10)6-5-7-3-1-2-4-8(7)11/h1-3,8H,4-6H2. The maximum Gasteiger partial charge on any atom is 0.157 e. The van der Waals surface area contributed by atoms with Crippen LogP contribution in [0.5, 0.6) is 0 Å². The molecule has 1 saturated heterocycles. The predicted octanol–water partition coefficient (Wildman–Crippen LogP) is 1.06. The molecule has 2 rings (SSSR count). The number of allylic oxidation sites excluding steroid dienone is 3. The summed E-state index contributed by atoms with van der Waals surface area (Å²) in [7, 11) is -2.77. The Kier molecular flexibility index (Phi) is 1.42. The molecule has 0 aromatic heterocycles. The highest BCUT2D eigenvalue weighted by Gasteiger charge is 2.34. The summed E-state index contributed by atoms with van der Waals surface area (Å²) in [4.78, 5) is 0. The highest BCUT2D eigenvalue weighted by Crippen LogP contribution is 2.30. The summed E-state index contributed by atoms with van der Waals surface area (Å²) < 4.78 is 22.6. The first-order chi connectivity index (χ1) is 5.20. The minimum Gasteiger partial charge on any atom is -0.228 e. The second-order valence-electron chi connectivity index (χ2n) is 3.01. The molecule has 0 aromatic carbocycles. The van der Waals surface area contributed by atoms with Crippen LogP contribution in [0.4, 0.5) is 0 Å². The van der Waals surface area contributed by atoms with E-state index in [4.69, 9.17) is 0 Å². The van der Waals surface area contributed by atoms with Gasteiger partial charge in [-0.15, -0.1) is 0 Å². The van der Waals surface area contributed by atoms with E-state index in [9.17, 15) is 8.42 Å². The molecular formula is C8H10O2S. The van der Waals surface area contributed by atoms with Crippen LogP contribution in [0.3, 0.4) is 0 Å². The normalized spacial score (nSPS) is 33.1. The molecule has 0 aromatic rings. The Bertz CT molecular complexity index is 322. The lowest BCUT2D eigenvalue weighted by molar-refractivity contribution is 0.593. The number of hydrogen-bond donors (Lipinski definition) is 0. The number of sulfone groups is 1. The van der Waals surface area contributed by atoms with Gasteiger partial charge in [-0.25, -0.2) is 8.42 Å². The third-order valence-corrected chi connectivity index (χ3v) is 4.45. The molecule has 1 unspecified atom stereocenters. The molecule has 60 valence electrons. The van der Waals surface area contributed by atoms with Crippen LogP contribution in [0.1, 0.15) is 12.8 Å². The van der Waals surface area contributed by atoms with E-state index in [1.54, 1.807) is 0 Å². The maximum absolute atomic E-state index is 11.3. The Morgan fingerprint density at radius 1 is 1.45 bits per heavy atom. The highest BCUT2D eigenvalue weighted by atomic mass is 32.2. The van der Waals surface area contributed by atoms with E-state index in [0.717, 1.165) is 12.0 Å². The SMILES string of the molecule is O=S1(=O)CCC2=CC=CCC21. The lowest BCUT2D eigenvalue weighted by Gasteiger charge is -2.10. The summed E-state index contributed by atoms with van der Waals surface area (Å²) in [6.45, 7) is 0. The van der Waals surface area contributed by atoms with Gasteiger partial charge in [-0.05, 0) is 12.8 Å². The summed E-state index contributed by atoms with van der Waals surface area (Å²) in [5.41, 5.74) is 1.10. The van der Waals surface area contributed by atoms with Gasteiger partial charge < -0.3 is 0 Å². The van der Waals surface area contributed by atoms with Crippen molar-refractivity contribution in [1.82, 2.24) is 0 Å². The fourth-order valence-corrected chi connectivity index (χ4v) is 3.54. The molecule has 1 aliphatic heterocycles. The smallest absolute Gasteiger partial charge is 0.157 e. The van der Waals surface area contributed by atoms with Crippen LogP contribution < -0.4 is 0 Å². The van der Waals surface area contributed by atoms with Crippen LogP contribution in [0, 0.1) is 0 Å². The van der Waals surface area contributed by atoms with Gasteiger partial charge in [0, 0.05) is 0 Å². The molecule has 0 N–H and O–H groups in total. The van der Waals surface area contributed by atoms with Crippen molar-refractivity contribution in [1.29, 1.82) is 0 Å². The Morgan fingerprint density at radius 3 is 3.00 bits per heavy atom. The third-order valence-electron chi connectivity index (χ3n) is 2.32. The molecule has 1 fully saturated rings. The zero-order valence-corrected chi connectivity index (χ0v) is 6.97. The van der Waals surface area contributed by atoms with Crippen molar-refractivity contribution in [2.45, 2.75) is 18.1 Å². The van der Waals surface area contributed by atoms with E-state index in [2.05, 4.69) is 0 Å². The van der Waals surface area contributed by atoms with Crippen molar-refractivity contribution in [3.8, 4) is 0 Å². The van der Waals surface area contributed by atoms with E-state index < -0.39 is 9.84 Å². The van der Waals surface area contributed by atoms with Crippen LogP contribution in [-0.2, 0) is 9.84 Å². The van der Waals surface area contributed by atoms with Gasteiger partial charge in [0.1, 0.15) is 0 Å². The summed E-state index contributed by atoms with van der Waals surface area (Å²) in [5, 5.41) is -0.174. The van der Waals surface area contributed by atoms with Crippen LogP contribution in [0.2, 0.25) is 0 Å². The van der Waals surface area contributed by atoms with Gasteiger partial charge in [-0.3, -0.25) is 0 Å². The molecule has 0 spiro atoms. The largest absolute Gasteiger partial charge is 0.228 e. The number of hydrogen-bond acceptors (Lipinski definition) is 2. The molecule has 1 heterocycles. The summed E-state index contributed by atoms with van der Waals surface area (Å²) >= 11 is 0. The molecule has 0 saturated carbocycles. The monoisotopic (exact) mass is 170 g/mol. The van der Waals surface area contributed by atoms with Gasteiger partial charge in [0.15, 0.2) is 9.84 Å². The van der Waals surface area contributed by atoms with Crippen LogP contribution in [-0.4, -0.2) is 19.4 Å². The van der Waals surface area contributed by atoms with Crippen LogP contribution in [0.15, 0.2) is 23.8 Å². The maximum atomic E-state index is 11.3. The van der Waals surface area contributed by atoms with E-state index in [1.807, 2.05) is 18.2 Å². The molecule has 2 aliphatic rings. The van der Waals surface area contributed by atoms with E-state index in [-0.39, 0.29) is 5.25 Å². The average Bonchev–Trinajstić information content (AvgIpc) is 2.29. The van der Waals surface area contributed by atoms with Gasteiger partial charge in [0.2, 0.25) is 0 Å². The zero-order chi connectivity index (χ0) is 7.90. The van der Waals surface area contributed by atoms with E-state index in [0.29, 0.717) is 12.2 Å². The van der Waals surface area contributed by atoms with Crippen molar-refractivity contribution in [2.75, 3.05) is 5.75 Å². The average molecular weight is 170 g/mol. The van der Waals surface area contributed by atoms with Crippen molar-refractivity contribution < 1.29 is 8.42 Å². The van der Waals surface area contributed by atoms with Crippen LogP contribution >= 0.6 is 0 Å². The fraction of sp³-hybridized carbons (Fsp3) is 0.500. The molecule has 3 heteroatoms. The Hall–Kier alpha value is -0.570. The quantitative estimate of drug-likeness (QED) is 0.544. The Balaban J connectivity index is 2.44. The number of fused-ring (bicyclic) bond motifs is 1.